The van der Waals surface area contributed by atoms with E-state index >= 15 is 0 Å². The molecule has 0 saturated heterocycles. The number of rotatable bonds is 7. The molecule has 4 nitrogen and oxygen atoms in total. The molecule has 0 rings (SSSR count). The van der Waals surface area contributed by atoms with Gasteiger partial charge in [-0.1, -0.05) is 34.6 Å². The molecule has 0 spiro atoms. The van der Waals surface area contributed by atoms with Gasteiger partial charge in [0, 0.05) is 13.0 Å². The molecule has 0 aromatic rings. The third-order valence-corrected chi connectivity index (χ3v) is 3.03. The molecule has 0 bridgehead atoms. The normalized spacial score (nSPS) is 13.5. The van der Waals surface area contributed by atoms with Gasteiger partial charge in [0.2, 0.25) is 5.91 Å². The molecule has 4 heteroatoms. The molecule has 1 atom stereocenters. The minimum atomic E-state index is -0.863. The summed E-state index contributed by atoms with van der Waals surface area (Å²) in [6.45, 7) is 10.6. The van der Waals surface area contributed by atoms with E-state index in [9.17, 15) is 9.59 Å². The first-order valence-corrected chi connectivity index (χ1v) is 6.12. The van der Waals surface area contributed by atoms with E-state index in [-0.39, 0.29) is 18.7 Å². The molecule has 0 aliphatic heterocycles. The minimum Gasteiger partial charge on any atom is -0.481 e. The SMILES string of the molecule is CC(C)C(C)CNC(=O)CC(C)(C)CC(=O)O. The van der Waals surface area contributed by atoms with Crippen molar-refractivity contribution in [2.45, 2.75) is 47.5 Å². The second-order valence-electron chi connectivity index (χ2n) is 5.94. The number of hydrogen-bond donors (Lipinski definition) is 2. The van der Waals surface area contributed by atoms with Crippen LogP contribution in [0.5, 0.6) is 0 Å². The van der Waals surface area contributed by atoms with Gasteiger partial charge in [-0.15, -0.1) is 0 Å². The van der Waals surface area contributed by atoms with Crippen molar-refractivity contribution in [2.24, 2.45) is 17.3 Å². The first-order chi connectivity index (χ1) is 7.64. The first kappa shape index (κ1) is 15.9. The predicted octanol–water partition coefficient (Wildman–Crippen LogP) is 2.29. The Morgan fingerprint density at radius 3 is 2.12 bits per heavy atom. The van der Waals surface area contributed by atoms with E-state index in [0.717, 1.165) is 0 Å². The van der Waals surface area contributed by atoms with Gasteiger partial charge in [0.15, 0.2) is 0 Å². The van der Waals surface area contributed by atoms with Crippen LogP contribution in [-0.4, -0.2) is 23.5 Å². The summed E-state index contributed by atoms with van der Waals surface area (Å²) in [6.07, 6.45) is 0.268. The zero-order valence-electron chi connectivity index (χ0n) is 11.5. The average Bonchev–Trinajstić information content (AvgIpc) is 2.10. The Morgan fingerprint density at radius 1 is 1.18 bits per heavy atom. The largest absolute Gasteiger partial charge is 0.481 e. The monoisotopic (exact) mass is 243 g/mol. The molecular weight excluding hydrogens is 218 g/mol. The fraction of sp³-hybridized carbons (Fsp3) is 0.846. The number of carbonyl (C=O) groups excluding carboxylic acids is 1. The summed E-state index contributed by atoms with van der Waals surface area (Å²) in [7, 11) is 0. The van der Waals surface area contributed by atoms with Gasteiger partial charge in [-0.25, -0.2) is 0 Å². The summed E-state index contributed by atoms with van der Waals surface area (Å²) in [5, 5.41) is 11.6. The molecule has 0 saturated carbocycles. The van der Waals surface area contributed by atoms with Crippen LogP contribution in [0.25, 0.3) is 0 Å². The van der Waals surface area contributed by atoms with Crippen molar-refractivity contribution in [3.63, 3.8) is 0 Å². The van der Waals surface area contributed by atoms with Crippen LogP contribution >= 0.6 is 0 Å². The van der Waals surface area contributed by atoms with Crippen LogP contribution in [0.4, 0.5) is 0 Å². The molecule has 0 aromatic carbocycles. The van der Waals surface area contributed by atoms with Crippen molar-refractivity contribution in [1.82, 2.24) is 5.32 Å². The van der Waals surface area contributed by atoms with Gasteiger partial charge in [-0.05, 0) is 17.3 Å². The summed E-state index contributed by atoms with van der Waals surface area (Å²) < 4.78 is 0. The van der Waals surface area contributed by atoms with Crippen LogP contribution in [0.2, 0.25) is 0 Å². The third kappa shape index (κ3) is 7.77. The number of hydrogen-bond acceptors (Lipinski definition) is 2. The van der Waals surface area contributed by atoms with Crippen LogP contribution in [0.3, 0.4) is 0 Å². The van der Waals surface area contributed by atoms with Crippen molar-refractivity contribution in [2.75, 3.05) is 6.54 Å². The first-order valence-electron chi connectivity index (χ1n) is 6.12. The summed E-state index contributed by atoms with van der Waals surface area (Å²) in [4.78, 5) is 22.3. The molecule has 1 amide bonds. The fourth-order valence-corrected chi connectivity index (χ4v) is 1.48. The Hall–Kier alpha value is -1.06. The average molecular weight is 243 g/mol. The highest BCUT2D eigenvalue weighted by molar-refractivity contribution is 5.77. The van der Waals surface area contributed by atoms with Crippen LogP contribution in [0, 0.1) is 17.3 Å². The Labute approximate surface area is 104 Å². The Balaban J connectivity index is 4.05. The molecule has 0 aliphatic rings. The van der Waals surface area contributed by atoms with Gasteiger partial charge in [0.05, 0.1) is 6.42 Å². The van der Waals surface area contributed by atoms with Crippen LogP contribution in [-0.2, 0) is 9.59 Å². The molecule has 0 radical (unpaired) electrons. The van der Waals surface area contributed by atoms with Crippen molar-refractivity contribution in [3.8, 4) is 0 Å². The highest BCUT2D eigenvalue weighted by Gasteiger charge is 2.25. The molecule has 100 valence electrons. The van der Waals surface area contributed by atoms with Gasteiger partial charge in [0.1, 0.15) is 0 Å². The maximum absolute atomic E-state index is 11.7. The highest BCUT2D eigenvalue weighted by atomic mass is 16.4. The Morgan fingerprint density at radius 2 is 1.71 bits per heavy atom. The molecule has 0 heterocycles. The fourth-order valence-electron chi connectivity index (χ4n) is 1.48. The molecular formula is C13H25NO3. The van der Waals surface area contributed by atoms with E-state index in [1.54, 1.807) is 13.8 Å². The lowest BCUT2D eigenvalue weighted by atomic mass is 9.85. The van der Waals surface area contributed by atoms with Gasteiger partial charge in [-0.3, -0.25) is 9.59 Å². The van der Waals surface area contributed by atoms with Gasteiger partial charge in [-0.2, -0.15) is 0 Å². The zero-order valence-corrected chi connectivity index (χ0v) is 11.5. The lowest BCUT2D eigenvalue weighted by Gasteiger charge is -2.22. The molecule has 2 N–H and O–H groups in total. The molecule has 0 fully saturated rings. The van der Waals surface area contributed by atoms with E-state index < -0.39 is 11.4 Å². The highest BCUT2D eigenvalue weighted by Crippen LogP contribution is 2.24. The van der Waals surface area contributed by atoms with E-state index in [1.165, 1.54) is 0 Å². The lowest BCUT2D eigenvalue weighted by Crippen LogP contribution is -2.33. The van der Waals surface area contributed by atoms with Crippen molar-refractivity contribution >= 4 is 11.9 Å². The summed E-state index contributed by atoms with van der Waals surface area (Å²) in [5.41, 5.74) is -0.489. The zero-order chi connectivity index (χ0) is 13.6. The third-order valence-electron chi connectivity index (χ3n) is 3.03. The number of carboxylic acids is 1. The summed E-state index contributed by atoms with van der Waals surface area (Å²) >= 11 is 0. The van der Waals surface area contributed by atoms with Crippen LogP contribution in [0.15, 0.2) is 0 Å². The number of aliphatic carboxylic acids is 1. The molecule has 17 heavy (non-hydrogen) atoms. The molecule has 0 aromatic heterocycles. The van der Waals surface area contributed by atoms with Crippen molar-refractivity contribution in [1.29, 1.82) is 0 Å². The minimum absolute atomic E-state index is 0.0140. The van der Waals surface area contributed by atoms with Gasteiger partial charge < -0.3 is 10.4 Å². The van der Waals surface area contributed by atoms with E-state index in [2.05, 4.69) is 26.1 Å². The van der Waals surface area contributed by atoms with Gasteiger partial charge in [0.25, 0.3) is 0 Å². The number of amides is 1. The number of carbonyl (C=O) groups is 2. The lowest BCUT2D eigenvalue weighted by molar-refractivity contribution is -0.139. The Bertz CT molecular complexity index is 272. The summed E-state index contributed by atoms with van der Waals surface area (Å²) in [5.74, 6) is 0.0333. The van der Waals surface area contributed by atoms with E-state index in [4.69, 9.17) is 5.11 Å². The van der Waals surface area contributed by atoms with Crippen LogP contribution < -0.4 is 5.32 Å². The van der Waals surface area contributed by atoms with E-state index in [0.29, 0.717) is 18.4 Å². The maximum Gasteiger partial charge on any atom is 0.303 e. The predicted molar refractivity (Wildman–Crippen MR) is 67.7 cm³/mol. The topological polar surface area (TPSA) is 66.4 Å². The van der Waals surface area contributed by atoms with Gasteiger partial charge >= 0.3 is 5.97 Å². The number of carboxylic acid groups (broad SMARTS) is 1. The maximum atomic E-state index is 11.7. The van der Waals surface area contributed by atoms with Crippen LogP contribution in [0.1, 0.15) is 47.5 Å². The van der Waals surface area contributed by atoms with E-state index in [1.807, 2.05) is 0 Å². The summed E-state index contributed by atoms with van der Waals surface area (Å²) in [6, 6.07) is 0. The van der Waals surface area contributed by atoms with Crippen molar-refractivity contribution in [3.05, 3.63) is 0 Å². The number of nitrogens with one attached hydrogen (secondary N) is 1. The molecule has 1 unspecified atom stereocenters. The Kier molecular flexibility index (Phi) is 6.21. The smallest absolute Gasteiger partial charge is 0.303 e. The molecule has 0 aliphatic carbocycles. The van der Waals surface area contributed by atoms with Crippen molar-refractivity contribution < 1.29 is 14.7 Å². The second-order valence-corrected chi connectivity index (χ2v) is 5.94. The quantitative estimate of drug-likeness (QED) is 0.721. The second kappa shape index (κ2) is 6.62. The standard InChI is InChI=1S/C13H25NO3/c1-9(2)10(3)8-14-11(15)6-13(4,5)7-12(16)17/h9-10H,6-8H2,1-5H3,(H,14,15)(H,16,17).